The maximum absolute atomic E-state index is 13.6. The van der Waals surface area contributed by atoms with Crippen LogP contribution in [0.25, 0.3) is 0 Å². The van der Waals surface area contributed by atoms with Gasteiger partial charge in [0.1, 0.15) is 5.82 Å². The molecule has 0 atom stereocenters. The number of aromatic nitrogens is 2. The van der Waals surface area contributed by atoms with Gasteiger partial charge < -0.3 is 11.1 Å². The highest BCUT2D eigenvalue weighted by molar-refractivity contribution is 9.10. The molecule has 0 amide bonds. The molecule has 1 heterocycles. The van der Waals surface area contributed by atoms with Gasteiger partial charge in [-0.2, -0.15) is 5.10 Å². The zero-order chi connectivity index (χ0) is 12.6. The van der Waals surface area contributed by atoms with Gasteiger partial charge in [0.2, 0.25) is 0 Å². The molecule has 6 heteroatoms. The minimum Gasteiger partial charge on any atom is -0.394 e. The summed E-state index contributed by atoms with van der Waals surface area (Å²) < 4.78 is 16.0. The van der Waals surface area contributed by atoms with Crippen molar-refractivity contribution in [3.05, 3.63) is 34.2 Å². The summed E-state index contributed by atoms with van der Waals surface area (Å²) in [6.45, 7) is 1.80. The van der Waals surface area contributed by atoms with Gasteiger partial charge in [-0.3, -0.25) is 4.68 Å². The number of nitrogens with one attached hydrogen (secondary N) is 1. The van der Waals surface area contributed by atoms with Crippen LogP contribution in [0.15, 0.2) is 22.7 Å². The number of hydrogen-bond acceptors (Lipinski definition) is 3. The molecule has 0 spiro atoms. The first-order valence-corrected chi connectivity index (χ1v) is 5.79. The standard InChI is InChI=1S/C11H12BrFN4/c1-6-10(14)11(17(2)16-6)15-9-5-7(12)3-4-8(9)13/h3-5,15H,14H2,1-2H3. The van der Waals surface area contributed by atoms with Crippen molar-refractivity contribution in [2.45, 2.75) is 6.92 Å². The summed E-state index contributed by atoms with van der Waals surface area (Å²) in [5.74, 6) is 0.242. The Morgan fingerprint density at radius 3 is 2.76 bits per heavy atom. The Balaban J connectivity index is 2.41. The Morgan fingerprint density at radius 2 is 2.18 bits per heavy atom. The third-order valence-electron chi connectivity index (χ3n) is 2.45. The minimum atomic E-state index is -0.341. The van der Waals surface area contributed by atoms with Crippen LogP contribution in [-0.2, 0) is 7.05 Å². The van der Waals surface area contributed by atoms with Crippen LogP contribution in [0.2, 0.25) is 0 Å². The van der Waals surface area contributed by atoms with E-state index in [1.807, 2.05) is 0 Å². The molecule has 2 aromatic rings. The zero-order valence-corrected chi connectivity index (χ0v) is 11.0. The largest absolute Gasteiger partial charge is 0.394 e. The van der Waals surface area contributed by atoms with E-state index in [0.717, 1.165) is 4.47 Å². The first-order chi connectivity index (χ1) is 7.99. The maximum atomic E-state index is 13.6. The molecule has 3 N–H and O–H groups in total. The van der Waals surface area contributed by atoms with Crippen molar-refractivity contribution in [2.75, 3.05) is 11.1 Å². The SMILES string of the molecule is Cc1nn(C)c(Nc2cc(Br)ccc2F)c1N. The van der Waals surface area contributed by atoms with Gasteiger partial charge in [0, 0.05) is 11.5 Å². The first-order valence-electron chi connectivity index (χ1n) is 5.00. The molecule has 0 aliphatic rings. The maximum Gasteiger partial charge on any atom is 0.152 e. The summed E-state index contributed by atoms with van der Waals surface area (Å²) in [7, 11) is 1.75. The smallest absolute Gasteiger partial charge is 0.152 e. The molecule has 0 aliphatic carbocycles. The molecule has 2 rings (SSSR count). The number of nitrogen functional groups attached to an aromatic ring is 1. The van der Waals surface area contributed by atoms with E-state index < -0.39 is 0 Å². The molecular formula is C11H12BrFN4. The van der Waals surface area contributed by atoms with Crippen molar-refractivity contribution in [1.29, 1.82) is 0 Å². The van der Waals surface area contributed by atoms with Crippen LogP contribution >= 0.6 is 15.9 Å². The van der Waals surface area contributed by atoms with E-state index >= 15 is 0 Å². The van der Waals surface area contributed by atoms with Crippen molar-refractivity contribution in [2.24, 2.45) is 7.05 Å². The predicted octanol–water partition coefficient (Wildman–Crippen LogP) is 2.96. The summed E-state index contributed by atoms with van der Waals surface area (Å²) in [4.78, 5) is 0. The van der Waals surface area contributed by atoms with E-state index in [0.29, 0.717) is 22.9 Å². The zero-order valence-electron chi connectivity index (χ0n) is 9.46. The number of rotatable bonds is 2. The van der Waals surface area contributed by atoms with Crippen LogP contribution in [0.3, 0.4) is 0 Å². The highest BCUT2D eigenvalue weighted by atomic mass is 79.9. The Kier molecular flexibility index (Phi) is 3.06. The highest BCUT2D eigenvalue weighted by Crippen LogP contribution is 2.28. The lowest BCUT2D eigenvalue weighted by Gasteiger charge is -2.09. The van der Waals surface area contributed by atoms with E-state index in [-0.39, 0.29) is 5.82 Å². The van der Waals surface area contributed by atoms with Gasteiger partial charge in [0.25, 0.3) is 0 Å². The molecule has 90 valence electrons. The normalized spacial score (nSPS) is 10.6. The molecule has 0 saturated carbocycles. The quantitative estimate of drug-likeness (QED) is 0.896. The van der Waals surface area contributed by atoms with Gasteiger partial charge >= 0.3 is 0 Å². The van der Waals surface area contributed by atoms with E-state index in [2.05, 4.69) is 26.3 Å². The molecule has 0 radical (unpaired) electrons. The Bertz CT molecular complexity index is 565. The lowest BCUT2D eigenvalue weighted by atomic mass is 10.3. The number of aryl methyl sites for hydroxylation is 2. The number of nitrogens with zero attached hydrogens (tertiary/aromatic N) is 2. The van der Waals surface area contributed by atoms with Crippen molar-refractivity contribution in [3.8, 4) is 0 Å². The molecule has 17 heavy (non-hydrogen) atoms. The van der Waals surface area contributed by atoms with Gasteiger partial charge in [-0.25, -0.2) is 4.39 Å². The second kappa shape index (κ2) is 4.37. The van der Waals surface area contributed by atoms with Gasteiger partial charge in [-0.05, 0) is 25.1 Å². The molecule has 0 fully saturated rings. The van der Waals surface area contributed by atoms with Crippen molar-refractivity contribution < 1.29 is 4.39 Å². The summed E-state index contributed by atoms with van der Waals surface area (Å²) in [5, 5.41) is 7.09. The predicted molar refractivity (Wildman–Crippen MR) is 69.7 cm³/mol. The minimum absolute atomic E-state index is 0.341. The second-order valence-electron chi connectivity index (χ2n) is 3.72. The molecular weight excluding hydrogens is 287 g/mol. The molecule has 1 aromatic carbocycles. The number of nitrogens with two attached hydrogens (primary N) is 1. The second-order valence-corrected chi connectivity index (χ2v) is 4.64. The van der Waals surface area contributed by atoms with E-state index in [4.69, 9.17) is 5.73 Å². The molecule has 0 unspecified atom stereocenters. The third-order valence-corrected chi connectivity index (χ3v) is 2.94. The third kappa shape index (κ3) is 2.26. The van der Waals surface area contributed by atoms with Gasteiger partial charge in [-0.15, -0.1) is 0 Å². The van der Waals surface area contributed by atoms with Crippen LogP contribution in [0, 0.1) is 12.7 Å². The number of anilines is 3. The molecule has 1 aromatic heterocycles. The van der Waals surface area contributed by atoms with Crippen molar-refractivity contribution in [3.63, 3.8) is 0 Å². The number of halogens is 2. The Morgan fingerprint density at radius 1 is 1.47 bits per heavy atom. The number of benzene rings is 1. The topological polar surface area (TPSA) is 55.9 Å². The highest BCUT2D eigenvalue weighted by Gasteiger charge is 2.12. The average Bonchev–Trinajstić information content (AvgIpc) is 2.50. The van der Waals surface area contributed by atoms with E-state index in [9.17, 15) is 4.39 Å². The number of hydrogen-bond donors (Lipinski definition) is 2. The van der Waals surface area contributed by atoms with Gasteiger partial charge in [0.05, 0.1) is 17.1 Å². The van der Waals surface area contributed by atoms with Crippen LogP contribution in [0.5, 0.6) is 0 Å². The van der Waals surface area contributed by atoms with Crippen molar-refractivity contribution in [1.82, 2.24) is 9.78 Å². The fraction of sp³-hybridized carbons (Fsp3) is 0.182. The summed E-state index contributed by atoms with van der Waals surface area (Å²) in [6, 6.07) is 4.67. The Hall–Kier alpha value is -1.56. The monoisotopic (exact) mass is 298 g/mol. The van der Waals surface area contributed by atoms with Gasteiger partial charge in [0.15, 0.2) is 5.82 Å². The van der Waals surface area contributed by atoms with Gasteiger partial charge in [-0.1, -0.05) is 15.9 Å². The fourth-order valence-corrected chi connectivity index (χ4v) is 1.90. The molecule has 0 saturated heterocycles. The Labute approximate surface area is 107 Å². The summed E-state index contributed by atoms with van der Waals surface area (Å²) >= 11 is 3.29. The van der Waals surface area contributed by atoms with Crippen LogP contribution in [0.1, 0.15) is 5.69 Å². The molecule has 0 bridgehead atoms. The van der Waals surface area contributed by atoms with Crippen molar-refractivity contribution >= 4 is 33.1 Å². The first kappa shape index (κ1) is 11.9. The molecule has 4 nitrogen and oxygen atoms in total. The molecule has 0 aliphatic heterocycles. The van der Waals surface area contributed by atoms with E-state index in [1.54, 1.807) is 30.8 Å². The van der Waals surface area contributed by atoms with Crippen LogP contribution < -0.4 is 11.1 Å². The summed E-state index contributed by atoms with van der Waals surface area (Å²) in [5.41, 5.74) is 7.45. The van der Waals surface area contributed by atoms with E-state index in [1.165, 1.54) is 6.07 Å². The fourth-order valence-electron chi connectivity index (χ4n) is 1.54. The summed E-state index contributed by atoms with van der Waals surface area (Å²) in [6.07, 6.45) is 0. The van der Waals surface area contributed by atoms with Crippen LogP contribution in [0.4, 0.5) is 21.6 Å². The lowest BCUT2D eigenvalue weighted by Crippen LogP contribution is -2.02. The lowest BCUT2D eigenvalue weighted by molar-refractivity contribution is 0.631. The van der Waals surface area contributed by atoms with Crippen LogP contribution in [-0.4, -0.2) is 9.78 Å². The average molecular weight is 299 g/mol.